The largest absolute Gasteiger partial charge is 0.235 e. The predicted octanol–water partition coefficient (Wildman–Crippen LogP) is 7.93. The molecule has 2 aromatic heterocycles. The molecule has 0 bridgehead atoms. The van der Waals surface area contributed by atoms with E-state index < -0.39 is 0 Å². The average molecular weight is 447 g/mol. The molecule has 25 heavy (non-hydrogen) atoms. The lowest BCUT2D eigenvalue weighted by Crippen LogP contribution is -1.82. The van der Waals surface area contributed by atoms with E-state index >= 15 is 0 Å². The van der Waals surface area contributed by atoms with Gasteiger partial charge in [0.25, 0.3) is 0 Å². The molecule has 0 aliphatic rings. The van der Waals surface area contributed by atoms with E-state index in [1.54, 1.807) is 22.7 Å². The smallest absolute Gasteiger partial charge is 0.126 e. The molecule has 0 radical (unpaired) electrons. The molecule has 0 fully saturated rings. The highest BCUT2D eigenvalue weighted by atomic mass is 79.9. The number of hydrogen-bond acceptors (Lipinski definition) is 3. The summed E-state index contributed by atoms with van der Waals surface area (Å²) in [6.07, 6.45) is 0. The lowest BCUT2D eigenvalue weighted by molar-refractivity contribution is 1.40. The van der Waals surface area contributed by atoms with Crippen LogP contribution in [0.5, 0.6) is 0 Å². The lowest BCUT2D eigenvalue weighted by Gasteiger charge is -2.01. The third-order valence-corrected chi connectivity index (χ3v) is 6.98. The molecule has 0 saturated heterocycles. The summed E-state index contributed by atoms with van der Waals surface area (Å²) in [6, 6.07) is 18.4. The molecule has 2 aromatic carbocycles. The first kappa shape index (κ1) is 17.0. The van der Waals surface area contributed by atoms with E-state index in [4.69, 9.17) is 16.6 Å². The summed E-state index contributed by atoms with van der Waals surface area (Å²) in [5, 5.41) is 3.85. The molecule has 4 rings (SSSR count). The number of thiazole rings is 1. The zero-order valence-corrected chi connectivity index (χ0v) is 17.3. The highest BCUT2D eigenvalue weighted by Gasteiger charge is 2.18. The van der Waals surface area contributed by atoms with Crippen LogP contribution in [0.4, 0.5) is 0 Å². The van der Waals surface area contributed by atoms with Crippen LogP contribution in [-0.2, 0) is 0 Å². The molecule has 0 N–H and O–H groups in total. The maximum atomic E-state index is 6.40. The van der Waals surface area contributed by atoms with E-state index in [-0.39, 0.29) is 0 Å². The average Bonchev–Trinajstić information content (AvgIpc) is 3.22. The quantitative estimate of drug-likeness (QED) is 0.311. The van der Waals surface area contributed by atoms with Gasteiger partial charge >= 0.3 is 0 Å². The maximum Gasteiger partial charge on any atom is 0.126 e. The van der Waals surface area contributed by atoms with E-state index in [1.165, 1.54) is 15.3 Å². The van der Waals surface area contributed by atoms with Crippen molar-refractivity contribution in [1.29, 1.82) is 0 Å². The number of hydrogen-bond donors (Lipinski definition) is 0. The van der Waals surface area contributed by atoms with Crippen LogP contribution >= 0.6 is 50.2 Å². The van der Waals surface area contributed by atoms with Gasteiger partial charge in [0.1, 0.15) is 5.01 Å². The first-order valence-corrected chi connectivity index (χ1v) is 10.6. The van der Waals surface area contributed by atoms with Crippen LogP contribution in [0.25, 0.3) is 31.6 Å². The molecule has 2 heterocycles. The molecule has 0 aliphatic heterocycles. The normalized spacial score (nSPS) is 11.0. The van der Waals surface area contributed by atoms with Crippen molar-refractivity contribution >= 4 is 50.2 Å². The van der Waals surface area contributed by atoms with Gasteiger partial charge in [0.15, 0.2) is 0 Å². The van der Waals surface area contributed by atoms with Gasteiger partial charge in [0.2, 0.25) is 0 Å². The Balaban J connectivity index is 1.92. The Morgan fingerprint density at radius 2 is 1.80 bits per heavy atom. The highest BCUT2D eigenvalue weighted by Crippen LogP contribution is 2.44. The van der Waals surface area contributed by atoms with Crippen LogP contribution in [-0.4, -0.2) is 4.98 Å². The van der Waals surface area contributed by atoms with Crippen LogP contribution in [0.15, 0.2) is 64.5 Å². The number of benzene rings is 2. The predicted molar refractivity (Wildman–Crippen MR) is 114 cm³/mol. The molecule has 0 aliphatic carbocycles. The number of rotatable bonds is 3. The Morgan fingerprint density at radius 1 is 1.04 bits per heavy atom. The minimum absolute atomic E-state index is 0.729. The fourth-order valence-corrected chi connectivity index (χ4v) is 5.28. The van der Waals surface area contributed by atoms with Crippen molar-refractivity contribution in [3.05, 3.63) is 75.0 Å². The second-order valence-electron chi connectivity index (χ2n) is 5.67. The van der Waals surface area contributed by atoms with Gasteiger partial charge < -0.3 is 0 Å². The van der Waals surface area contributed by atoms with Gasteiger partial charge in [-0.3, -0.25) is 0 Å². The third kappa shape index (κ3) is 3.44. The summed E-state index contributed by atoms with van der Waals surface area (Å²) in [4.78, 5) is 7.38. The van der Waals surface area contributed by atoms with Gasteiger partial charge in [0.05, 0.1) is 15.6 Å². The minimum Gasteiger partial charge on any atom is -0.235 e. The molecular weight excluding hydrogens is 434 g/mol. The summed E-state index contributed by atoms with van der Waals surface area (Å²) < 4.78 is 1.06. The van der Waals surface area contributed by atoms with Crippen molar-refractivity contribution in [3.63, 3.8) is 0 Å². The Bertz CT molecular complexity index is 1030. The van der Waals surface area contributed by atoms with Gasteiger partial charge in [-0.15, -0.1) is 22.7 Å². The first-order chi connectivity index (χ1) is 12.1. The van der Waals surface area contributed by atoms with Crippen LogP contribution < -0.4 is 0 Å². The van der Waals surface area contributed by atoms with Crippen LogP contribution in [0.3, 0.4) is 0 Å². The summed E-state index contributed by atoms with van der Waals surface area (Å²) in [7, 11) is 0. The Hall–Kier alpha value is -1.46. The zero-order chi connectivity index (χ0) is 17.4. The fourth-order valence-electron chi connectivity index (χ4n) is 2.59. The topological polar surface area (TPSA) is 12.9 Å². The molecule has 0 spiro atoms. The van der Waals surface area contributed by atoms with Gasteiger partial charge in [-0.1, -0.05) is 57.9 Å². The number of aromatic nitrogens is 1. The number of halogens is 2. The maximum absolute atomic E-state index is 6.40. The molecule has 5 heteroatoms. The van der Waals surface area contributed by atoms with E-state index in [1.807, 2.05) is 36.4 Å². The number of aryl methyl sites for hydroxylation is 1. The monoisotopic (exact) mass is 445 g/mol. The SMILES string of the molecule is Cc1csc(-c2sc(-c3ccccc3Cl)nc2-c2ccc(Br)cc2)c1. The van der Waals surface area contributed by atoms with Crippen LogP contribution in [0.1, 0.15) is 5.56 Å². The van der Waals surface area contributed by atoms with Gasteiger partial charge in [-0.05, 0) is 42.1 Å². The molecule has 4 aromatic rings. The number of thiophene rings is 1. The van der Waals surface area contributed by atoms with E-state index in [0.29, 0.717) is 0 Å². The number of nitrogens with zero attached hydrogens (tertiary/aromatic N) is 1. The second-order valence-corrected chi connectivity index (χ2v) is 8.90. The van der Waals surface area contributed by atoms with E-state index in [9.17, 15) is 0 Å². The summed E-state index contributed by atoms with van der Waals surface area (Å²) in [5.74, 6) is 0. The van der Waals surface area contributed by atoms with Crippen molar-refractivity contribution < 1.29 is 0 Å². The zero-order valence-electron chi connectivity index (χ0n) is 13.3. The minimum atomic E-state index is 0.729. The van der Waals surface area contributed by atoms with Crippen molar-refractivity contribution in [3.8, 4) is 31.6 Å². The Labute approximate surface area is 168 Å². The van der Waals surface area contributed by atoms with Gasteiger partial charge in [-0.25, -0.2) is 4.98 Å². The summed E-state index contributed by atoms with van der Waals surface area (Å²) in [6.45, 7) is 2.12. The Morgan fingerprint density at radius 3 is 2.48 bits per heavy atom. The van der Waals surface area contributed by atoms with Crippen molar-refractivity contribution in [2.24, 2.45) is 0 Å². The standard InChI is InChI=1S/C20H13BrClNS2/c1-12-10-17(24-11-12)19-18(13-6-8-14(21)9-7-13)23-20(25-19)15-4-2-3-5-16(15)22/h2-11H,1H3. The molecule has 0 amide bonds. The van der Waals surface area contributed by atoms with Crippen LogP contribution in [0.2, 0.25) is 5.02 Å². The Kier molecular flexibility index (Phi) is 4.78. The van der Waals surface area contributed by atoms with Crippen molar-refractivity contribution in [2.45, 2.75) is 6.92 Å². The molecular formula is C20H13BrClNS2. The molecule has 0 atom stereocenters. The lowest BCUT2D eigenvalue weighted by atomic mass is 10.1. The van der Waals surface area contributed by atoms with Crippen LogP contribution in [0, 0.1) is 6.92 Å². The van der Waals surface area contributed by atoms with Gasteiger partial charge in [0, 0.05) is 20.5 Å². The molecule has 0 unspecified atom stereocenters. The highest BCUT2D eigenvalue weighted by molar-refractivity contribution is 9.10. The summed E-state index contributed by atoms with van der Waals surface area (Å²) >= 11 is 13.4. The molecule has 1 nitrogen and oxygen atoms in total. The van der Waals surface area contributed by atoms with E-state index in [0.717, 1.165) is 31.3 Å². The second kappa shape index (κ2) is 7.04. The summed E-state index contributed by atoms with van der Waals surface area (Å²) in [5.41, 5.74) is 4.37. The first-order valence-electron chi connectivity index (χ1n) is 7.69. The van der Waals surface area contributed by atoms with Crippen molar-refractivity contribution in [1.82, 2.24) is 4.98 Å². The van der Waals surface area contributed by atoms with E-state index in [2.05, 4.69) is 46.4 Å². The molecule has 124 valence electrons. The van der Waals surface area contributed by atoms with Gasteiger partial charge in [-0.2, -0.15) is 0 Å². The molecule has 0 saturated carbocycles. The van der Waals surface area contributed by atoms with Crippen molar-refractivity contribution in [2.75, 3.05) is 0 Å². The fraction of sp³-hybridized carbons (Fsp3) is 0.0500. The third-order valence-electron chi connectivity index (χ3n) is 3.80.